The van der Waals surface area contributed by atoms with E-state index in [2.05, 4.69) is 15.5 Å². The largest absolute Gasteiger partial charge is 0.480 e. The van der Waals surface area contributed by atoms with Gasteiger partial charge in [-0.1, -0.05) is 5.16 Å². The highest BCUT2D eigenvalue weighted by atomic mass is 16.5. The molecule has 2 heterocycles. The van der Waals surface area contributed by atoms with E-state index < -0.39 is 18.0 Å². The summed E-state index contributed by atoms with van der Waals surface area (Å²) >= 11 is 0. The molecule has 1 fully saturated rings. The number of nitrogens with zero attached hydrogens (tertiary/aromatic N) is 3. The molecule has 2 atom stereocenters. The molecule has 9 heteroatoms. The summed E-state index contributed by atoms with van der Waals surface area (Å²) in [4.78, 5) is 28.5. The van der Waals surface area contributed by atoms with Gasteiger partial charge in [-0.2, -0.15) is 4.98 Å². The zero-order valence-electron chi connectivity index (χ0n) is 11.9. The standard InChI is InChI=1S/C12H18N4O5/c1-7-14-10(15-21-7)3-4-13-12(19)16-6-8(20-2)5-9(16)11(17)18/h8-9H,3-6H2,1-2H3,(H,13,19)(H,17,18). The van der Waals surface area contributed by atoms with E-state index in [1.807, 2.05) is 0 Å². The van der Waals surface area contributed by atoms with Crippen LogP contribution in [0.3, 0.4) is 0 Å². The molecule has 1 aliphatic rings. The fourth-order valence-corrected chi connectivity index (χ4v) is 2.25. The van der Waals surface area contributed by atoms with Gasteiger partial charge in [0.2, 0.25) is 5.89 Å². The first-order valence-electron chi connectivity index (χ1n) is 6.60. The fraction of sp³-hybridized carbons (Fsp3) is 0.667. The van der Waals surface area contributed by atoms with E-state index >= 15 is 0 Å². The summed E-state index contributed by atoms with van der Waals surface area (Å²) in [5, 5.41) is 15.5. The van der Waals surface area contributed by atoms with Crippen molar-refractivity contribution in [1.29, 1.82) is 0 Å². The van der Waals surface area contributed by atoms with Crippen LogP contribution in [0.25, 0.3) is 0 Å². The van der Waals surface area contributed by atoms with Crippen LogP contribution in [0.15, 0.2) is 4.52 Å². The van der Waals surface area contributed by atoms with E-state index in [-0.39, 0.29) is 12.6 Å². The van der Waals surface area contributed by atoms with Crippen molar-refractivity contribution in [2.75, 3.05) is 20.2 Å². The Balaban J connectivity index is 1.85. The molecule has 1 aromatic rings. The smallest absolute Gasteiger partial charge is 0.326 e. The Morgan fingerprint density at radius 3 is 2.90 bits per heavy atom. The van der Waals surface area contributed by atoms with E-state index in [1.54, 1.807) is 6.92 Å². The van der Waals surface area contributed by atoms with E-state index in [4.69, 9.17) is 14.4 Å². The van der Waals surface area contributed by atoms with Gasteiger partial charge in [-0.05, 0) is 0 Å². The molecule has 2 rings (SSSR count). The van der Waals surface area contributed by atoms with Gasteiger partial charge >= 0.3 is 12.0 Å². The summed E-state index contributed by atoms with van der Waals surface area (Å²) in [6.07, 6.45) is 0.461. The lowest BCUT2D eigenvalue weighted by atomic mass is 10.2. The molecule has 116 valence electrons. The van der Waals surface area contributed by atoms with E-state index in [9.17, 15) is 9.59 Å². The van der Waals surface area contributed by atoms with Gasteiger partial charge in [0.05, 0.1) is 6.10 Å². The third-order valence-electron chi connectivity index (χ3n) is 3.34. The number of aliphatic carboxylic acids is 1. The maximum atomic E-state index is 12.0. The van der Waals surface area contributed by atoms with Crippen LogP contribution in [0.4, 0.5) is 4.79 Å². The van der Waals surface area contributed by atoms with Gasteiger partial charge in [0.1, 0.15) is 6.04 Å². The molecular weight excluding hydrogens is 280 g/mol. The van der Waals surface area contributed by atoms with Crippen molar-refractivity contribution < 1.29 is 24.0 Å². The molecule has 9 nitrogen and oxygen atoms in total. The van der Waals surface area contributed by atoms with Crippen molar-refractivity contribution >= 4 is 12.0 Å². The molecular formula is C12H18N4O5. The Morgan fingerprint density at radius 1 is 1.57 bits per heavy atom. The van der Waals surface area contributed by atoms with E-state index in [0.29, 0.717) is 31.1 Å². The monoisotopic (exact) mass is 298 g/mol. The van der Waals surface area contributed by atoms with Crippen molar-refractivity contribution in [3.05, 3.63) is 11.7 Å². The average Bonchev–Trinajstić information content (AvgIpc) is 3.04. The zero-order chi connectivity index (χ0) is 15.4. The van der Waals surface area contributed by atoms with E-state index in [1.165, 1.54) is 12.0 Å². The second-order valence-corrected chi connectivity index (χ2v) is 4.81. The highest BCUT2D eigenvalue weighted by Gasteiger charge is 2.39. The van der Waals surface area contributed by atoms with Crippen LogP contribution in [0.5, 0.6) is 0 Å². The van der Waals surface area contributed by atoms with Crippen molar-refractivity contribution in [1.82, 2.24) is 20.4 Å². The van der Waals surface area contributed by atoms with Crippen molar-refractivity contribution in [3.63, 3.8) is 0 Å². The van der Waals surface area contributed by atoms with E-state index in [0.717, 1.165) is 0 Å². The lowest BCUT2D eigenvalue weighted by Crippen LogP contribution is -2.46. The number of aromatic nitrogens is 2. The van der Waals surface area contributed by atoms with Crippen molar-refractivity contribution in [2.24, 2.45) is 0 Å². The SMILES string of the molecule is COC1CC(C(=O)O)N(C(=O)NCCc2noc(C)n2)C1. The summed E-state index contributed by atoms with van der Waals surface area (Å²) in [5.74, 6) is -0.0676. The zero-order valence-corrected chi connectivity index (χ0v) is 11.9. The summed E-state index contributed by atoms with van der Waals surface area (Å²) in [6.45, 7) is 2.25. The third-order valence-corrected chi connectivity index (χ3v) is 3.34. The number of carboxylic acids is 1. The Morgan fingerprint density at radius 2 is 2.33 bits per heavy atom. The van der Waals surface area contributed by atoms with Crippen molar-refractivity contribution in [2.45, 2.75) is 31.9 Å². The van der Waals surface area contributed by atoms with Gasteiger partial charge in [0, 0.05) is 40.0 Å². The quantitative estimate of drug-likeness (QED) is 0.773. The Labute approximate surface area is 121 Å². The summed E-state index contributed by atoms with van der Waals surface area (Å²) in [5.41, 5.74) is 0. The van der Waals surface area contributed by atoms with Crippen LogP contribution in [-0.4, -0.2) is 64.5 Å². The molecule has 0 radical (unpaired) electrons. The first kappa shape index (κ1) is 15.2. The summed E-state index contributed by atoms with van der Waals surface area (Å²) in [6, 6.07) is -1.29. The minimum Gasteiger partial charge on any atom is -0.480 e. The number of hydrogen-bond donors (Lipinski definition) is 2. The van der Waals surface area contributed by atoms with Crippen LogP contribution in [-0.2, 0) is 16.0 Å². The van der Waals surface area contributed by atoms with Gasteiger partial charge in [-0.15, -0.1) is 0 Å². The van der Waals surface area contributed by atoms with Gasteiger partial charge in [0.15, 0.2) is 5.82 Å². The van der Waals surface area contributed by atoms with Gasteiger partial charge in [-0.3, -0.25) is 0 Å². The maximum absolute atomic E-state index is 12.0. The molecule has 2 unspecified atom stereocenters. The molecule has 2 amide bonds. The highest BCUT2D eigenvalue weighted by molar-refractivity contribution is 5.83. The third kappa shape index (κ3) is 3.69. The normalized spacial score (nSPS) is 21.5. The molecule has 1 aliphatic heterocycles. The number of nitrogens with one attached hydrogen (secondary N) is 1. The first-order chi connectivity index (χ1) is 10.0. The van der Waals surface area contributed by atoms with Crippen molar-refractivity contribution in [3.8, 4) is 0 Å². The number of carboxylic acid groups (broad SMARTS) is 1. The minimum absolute atomic E-state index is 0.253. The number of carbonyl (C=O) groups excluding carboxylic acids is 1. The minimum atomic E-state index is -1.03. The number of urea groups is 1. The van der Waals surface area contributed by atoms with Crippen LogP contribution in [0.2, 0.25) is 0 Å². The summed E-state index contributed by atoms with van der Waals surface area (Å²) in [7, 11) is 1.50. The fourth-order valence-electron chi connectivity index (χ4n) is 2.25. The van der Waals surface area contributed by atoms with Gasteiger partial charge < -0.3 is 24.6 Å². The molecule has 1 saturated heterocycles. The first-order valence-corrected chi connectivity index (χ1v) is 6.60. The number of rotatable bonds is 5. The number of amides is 2. The van der Waals surface area contributed by atoms with Crippen LogP contribution >= 0.6 is 0 Å². The average molecular weight is 298 g/mol. The lowest BCUT2D eigenvalue weighted by Gasteiger charge is -2.21. The Hall–Kier alpha value is -2.16. The second kappa shape index (κ2) is 6.53. The second-order valence-electron chi connectivity index (χ2n) is 4.81. The summed E-state index contributed by atoms with van der Waals surface area (Å²) < 4.78 is 9.95. The highest BCUT2D eigenvalue weighted by Crippen LogP contribution is 2.20. The maximum Gasteiger partial charge on any atom is 0.326 e. The Bertz CT molecular complexity index is 518. The number of aryl methyl sites for hydroxylation is 1. The number of likely N-dealkylation sites (tertiary alicyclic amines) is 1. The number of methoxy groups -OCH3 is 1. The predicted octanol–water partition coefficient (Wildman–Crippen LogP) is -0.196. The van der Waals surface area contributed by atoms with Crippen LogP contribution < -0.4 is 5.32 Å². The topological polar surface area (TPSA) is 118 Å². The molecule has 1 aromatic heterocycles. The molecule has 0 aromatic carbocycles. The molecule has 21 heavy (non-hydrogen) atoms. The van der Waals surface area contributed by atoms with Gasteiger partial charge in [-0.25, -0.2) is 9.59 Å². The van der Waals surface area contributed by atoms with Crippen LogP contribution in [0, 0.1) is 6.92 Å². The Kier molecular flexibility index (Phi) is 4.73. The number of hydrogen-bond acceptors (Lipinski definition) is 6. The molecule has 0 bridgehead atoms. The molecule has 0 spiro atoms. The molecule has 2 N–H and O–H groups in total. The number of carbonyl (C=O) groups is 2. The number of ether oxygens (including phenoxy) is 1. The van der Waals surface area contributed by atoms with Crippen LogP contribution in [0.1, 0.15) is 18.1 Å². The molecule has 0 saturated carbocycles. The molecule has 0 aliphatic carbocycles. The van der Waals surface area contributed by atoms with Gasteiger partial charge in [0.25, 0.3) is 0 Å². The lowest BCUT2D eigenvalue weighted by molar-refractivity contribution is -0.141. The predicted molar refractivity (Wildman–Crippen MR) is 69.7 cm³/mol.